The Morgan fingerprint density at radius 2 is 1.61 bits per heavy atom. The molecule has 3 aromatic carbocycles. The number of halogens is 4. The maximum absolute atomic E-state index is 14.0. The number of rotatable bonds is 12. The number of anilines is 1. The summed E-state index contributed by atoms with van der Waals surface area (Å²) in [5, 5.41) is 3.45. The van der Waals surface area contributed by atoms with Gasteiger partial charge in [-0.05, 0) is 48.7 Å². The number of hydrogen-bond acceptors (Lipinski definition) is 4. The van der Waals surface area contributed by atoms with E-state index in [4.69, 9.17) is 23.2 Å². The van der Waals surface area contributed by atoms with Crippen LogP contribution in [0, 0.1) is 11.6 Å². The third-order valence-corrected chi connectivity index (χ3v) is 8.36. The molecular weight excluding hydrogens is 595 g/mol. The predicted molar refractivity (Wildman–Crippen MR) is 157 cm³/mol. The van der Waals surface area contributed by atoms with Gasteiger partial charge in [0.15, 0.2) is 11.6 Å². The normalized spacial score (nSPS) is 12.9. The van der Waals surface area contributed by atoms with E-state index >= 15 is 0 Å². The molecule has 41 heavy (non-hydrogen) atoms. The summed E-state index contributed by atoms with van der Waals surface area (Å²) in [7, 11) is -4.13. The number of hydrogen-bond donors (Lipinski definition) is 1. The van der Waals surface area contributed by atoms with E-state index in [1.807, 2.05) is 32.0 Å². The molecule has 220 valence electrons. The van der Waals surface area contributed by atoms with Crippen molar-refractivity contribution in [1.82, 2.24) is 10.2 Å². The molecule has 0 aliphatic carbocycles. The van der Waals surface area contributed by atoms with Crippen LogP contribution < -0.4 is 9.62 Å². The van der Waals surface area contributed by atoms with Crippen molar-refractivity contribution in [2.45, 2.75) is 45.3 Å². The van der Waals surface area contributed by atoms with Crippen molar-refractivity contribution in [3.05, 3.63) is 99.5 Å². The highest BCUT2D eigenvalue weighted by Gasteiger charge is 2.33. The number of nitrogens with one attached hydrogen (secondary N) is 1. The van der Waals surface area contributed by atoms with Crippen LogP contribution in [-0.4, -0.2) is 50.0 Å². The van der Waals surface area contributed by atoms with Crippen molar-refractivity contribution in [1.29, 1.82) is 0 Å². The highest BCUT2D eigenvalue weighted by atomic mass is 35.5. The Balaban J connectivity index is 2.09. The molecule has 0 fully saturated rings. The maximum atomic E-state index is 14.0. The molecule has 0 aliphatic rings. The van der Waals surface area contributed by atoms with E-state index in [0.717, 1.165) is 24.0 Å². The van der Waals surface area contributed by atoms with Crippen LogP contribution in [0.2, 0.25) is 10.0 Å². The van der Waals surface area contributed by atoms with Gasteiger partial charge in [0.25, 0.3) is 0 Å². The first-order valence-corrected chi connectivity index (χ1v) is 15.4. The van der Waals surface area contributed by atoms with Crippen LogP contribution in [0.25, 0.3) is 0 Å². The van der Waals surface area contributed by atoms with Crippen molar-refractivity contribution in [2.24, 2.45) is 0 Å². The van der Waals surface area contributed by atoms with Gasteiger partial charge < -0.3 is 10.2 Å². The molecule has 0 radical (unpaired) electrons. The van der Waals surface area contributed by atoms with E-state index in [0.29, 0.717) is 27.4 Å². The lowest BCUT2D eigenvalue weighted by molar-refractivity contribution is -0.140. The highest BCUT2D eigenvalue weighted by Crippen LogP contribution is 2.26. The van der Waals surface area contributed by atoms with E-state index in [9.17, 15) is 26.8 Å². The largest absolute Gasteiger partial charge is 0.352 e. The zero-order valence-electron chi connectivity index (χ0n) is 22.8. The minimum absolute atomic E-state index is 0.115. The van der Waals surface area contributed by atoms with Crippen LogP contribution in [0.4, 0.5) is 14.5 Å². The summed E-state index contributed by atoms with van der Waals surface area (Å²) >= 11 is 12.3. The summed E-state index contributed by atoms with van der Waals surface area (Å²) in [4.78, 5) is 28.9. The van der Waals surface area contributed by atoms with Gasteiger partial charge in [-0.15, -0.1) is 0 Å². The van der Waals surface area contributed by atoms with Gasteiger partial charge in [0.1, 0.15) is 12.6 Å². The average molecular weight is 627 g/mol. The summed E-state index contributed by atoms with van der Waals surface area (Å²) in [6.45, 7) is 2.85. The van der Waals surface area contributed by atoms with Crippen LogP contribution in [0.3, 0.4) is 0 Å². The molecule has 0 unspecified atom stereocenters. The third-order valence-electron chi connectivity index (χ3n) is 6.48. The highest BCUT2D eigenvalue weighted by molar-refractivity contribution is 7.92. The molecule has 2 amide bonds. The van der Waals surface area contributed by atoms with Gasteiger partial charge in [-0.3, -0.25) is 13.9 Å². The van der Waals surface area contributed by atoms with Crippen LogP contribution in [-0.2, 0) is 32.6 Å². The lowest BCUT2D eigenvalue weighted by atomic mass is 10.0. The van der Waals surface area contributed by atoms with Gasteiger partial charge in [0.2, 0.25) is 21.8 Å². The molecule has 0 saturated heterocycles. The lowest BCUT2D eigenvalue weighted by Gasteiger charge is -2.34. The maximum Gasteiger partial charge on any atom is 0.244 e. The fourth-order valence-corrected chi connectivity index (χ4v) is 5.25. The summed E-state index contributed by atoms with van der Waals surface area (Å²) < 4.78 is 53.8. The summed E-state index contributed by atoms with van der Waals surface area (Å²) in [5.41, 5.74) is 1.07. The Morgan fingerprint density at radius 1 is 0.927 bits per heavy atom. The SMILES string of the molecule is CC[C@@H](C)NC(=O)[C@@H](Cc1ccccc1)N(Cc1ccc(Cl)c(Cl)c1)C(=O)CN(c1ccc(F)c(F)c1)S(C)(=O)=O. The second-order valence-electron chi connectivity index (χ2n) is 9.66. The summed E-state index contributed by atoms with van der Waals surface area (Å²) in [5.74, 6) is -3.62. The number of nitrogens with zero attached hydrogens (tertiary/aromatic N) is 2. The van der Waals surface area contributed by atoms with Crippen molar-refractivity contribution >= 4 is 50.7 Å². The molecule has 0 saturated carbocycles. The summed E-state index contributed by atoms with van der Waals surface area (Å²) in [6.07, 6.45) is 1.62. The molecular formula is C29H31Cl2F2N3O4S. The fourth-order valence-electron chi connectivity index (χ4n) is 4.08. The van der Waals surface area contributed by atoms with Gasteiger partial charge >= 0.3 is 0 Å². The molecule has 0 spiro atoms. The van der Waals surface area contributed by atoms with Gasteiger partial charge in [-0.1, -0.05) is 66.5 Å². The molecule has 2 atom stereocenters. The first-order chi connectivity index (χ1) is 19.3. The van der Waals surface area contributed by atoms with Crippen molar-refractivity contribution in [3.63, 3.8) is 0 Å². The topological polar surface area (TPSA) is 86.8 Å². The number of amides is 2. The number of sulfonamides is 1. The van der Waals surface area contributed by atoms with Crippen LogP contribution in [0.15, 0.2) is 66.7 Å². The molecule has 0 bridgehead atoms. The molecule has 12 heteroatoms. The van der Waals surface area contributed by atoms with Crippen molar-refractivity contribution in [2.75, 3.05) is 17.1 Å². The fraction of sp³-hybridized carbons (Fsp3) is 0.310. The van der Waals surface area contributed by atoms with Gasteiger partial charge in [0.05, 0.1) is 22.0 Å². The quantitative estimate of drug-likeness (QED) is 0.284. The zero-order chi connectivity index (χ0) is 30.3. The van der Waals surface area contributed by atoms with E-state index < -0.39 is 46.1 Å². The lowest BCUT2D eigenvalue weighted by Crippen LogP contribution is -2.54. The Hall–Kier alpha value is -3.21. The first kappa shape index (κ1) is 32.3. The standard InChI is InChI=1S/C29H31Cl2F2N3O4S/c1-4-19(2)34-29(38)27(15-20-8-6-5-7-9-20)35(17-21-10-12-23(30)24(31)14-21)28(37)18-36(41(3,39)40)22-11-13-25(32)26(33)16-22/h5-14,16,19,27H,4,15,17-18H2,1-3H3,(H,34,38)/t19-,27-/m1/s1. The third kappa shape index (κ3) is 8.89. The molecule has 0 heterocycles. The minimum Gasteiger partial charge on any atom is -0.352 e. The second-order valence-corrected chi connectivity index (χ2v) is 12.4. The van der Waals surface area contributed by atoms with Crippen LogP contribution in [0.1, 0.15) is 31.4 Å². The molecule has 1 N–H and O–H groups in total. The Bertz CT molecular complexity index is 1490. The zero-order valence-corrected chi connectivity index (χ0v) is 25.1. The molecule has 3 rings (SSSR count). The van der Waals surface area contributed by atoms with E-state index in [2.05, 4.69) is 5.32 Å². The van der Waals surface area contributed by atoms with Crippen LogP contribution in [0.5, 0.6) is 0 Å². The smallest absolute Gasteiger partial charge is 0.244 e. The van der Waals surface area contributed by atoms with Gasteiger partial charge in [-0.25, -0.2) is 17.2 Å². The van der Waals surface area contributed by atoms with Crippen molar-refractivity contribution < 1.29 is 26.8 Å². The van der Waals surface area contributed by atoms with Crippen LogP contribution >= 0.6 is 23.2 Å². The average Bonchev–Trinajstić information content (AvgIpc) is 2.92. The monoisotopic (exact) mass is 625 g/mol. The van der Waals surface area contributed by atoms with Gasteiger partial charge in [0, 0.05) is 25.1 Å². The second kappa shape index (κ2) is 14.1. The minimum atomic E-state index is -4.13. The summed E-state index contributed by atoms with van der Waals surface area (Å²) in [6, 6.07) is 15.1. The van der Waals surface area contributed by atoms with E-state index in [1.54, 1.807) is 30.3 Å². The molecule has 0 aromatic heterocycles. The Kier molecular flexibility index (Phi) is 11.1. The number of carbonyl (C=O) groups excluding carboxylic acids is 2. The number of benzene rings is 3. The predicted octanol–water partition coefficient (Wildman–Crippen LogP) is 5.59. The van der Waals surface area contributed by atoms with E-state index in [-0.39, 0.29) is 29.7 Å². The van der Waals surface area contributed by atoms with E-state index in [1.165, 1.54) is 4.90 Å². The first-order valence-electron chi connectivity index (χ1n) is 12.8. The Labute approximate surface area is 249 Å². The molecule has 7 nitrogen and oxygen atoms in total. The van der Waals surface area contributed by atoms with Gasteiger partial charge in [-0.2, -0.15) is 0 Å². The molecule has 0 aliphatic heterocycles. The number of carbonyl (C=O) groups is 2. The van der Waals surface area contributed by atoms with Crippen molar-refractivity contribution in [3.8, 4) is 0 Å². The molecule has 3 aromatic rings. The Morgan fingerprint density at radius 3 is 2.20 bits per heavy atom.